The van der Waals surface area contributed by atoms with Gasteiger partial charge in [0.15, 0.2) is 5.70 Å². The summed E-state index contributed by atoms with van der Waals surface area (Å²) >= 11 is 0. The third-order valence-corrected chi connectivity index (χ3v) is 5.58. The molecule has 36 heavy (non-hydrogen) atoms. The summed E-state index contributed by atoms with van der Waals surface area (Å²) in [5.41, 5.74) is -1.06. The van der Waals surface area contributed by atoms with Crippen molar-refractivity contribution in [2.24, 2.45) is 5.11 Å². The smallest absolute Gasteiger partial charge is 0.529 e. The van der Waals surface area contributed by atoms with Gasteiger partial charge in [-0.2, -0.15) is 14.6 Å². The van der Waals surface area contributed by atoms with Crippen LogP contribution in [0.25, 0.3) is 11.4 Å². The molecule has 0 N–H and O–H groups in total. The van der Waals surface area contributed by atoms with E-state index >= 15 is 0 Å². The normalized spacial score (nSPS) is 15.3. The maximum Gasteiger partial charge on any atom is 0.529 e. The summed E-state index contributed by atoms with van der Waals surface area (Å²) < 4.78 is 3.02. The lowest BCUT2D eigenvalue weighted by Crippen LogP contribution is -2.46. The van der Waals surface area contributed by atoms with Gasteiger partial charge in [0.25, 0.3) is 0 Å². The molecule has 0 fully saturated rings. The summed E-state index contributed by atoms with van der Waals surface area (Å²) in [6.07, 6.45) is 0. The van der Waals surface area contributed by atoms with Crippen LogP contribution < -0.4 is 10.8 Å². The monoisotopic (exact) mass is 488 g/mol. The Kier molecular flexibility index (Phi) is 5.99. The number of carbonyl (C=O) groups excluding carboxylic acids is 2. The Morgan fingerprint density at radius 3 is 1.78 bits per heavy atom. The van der Waals surface area contributed by atoms with Gasteiger partial charge in [0.1, 0.15) is 11.2 Å². The van der Waals surface area contributed by atoms with Crippen molar-refractivity contribution in [3.8, 4) is 6.01 Å². The van der Waals surface area contributed by atoms with Crippen LogP contribution in [0.15, 0.2) is 70.6 Å². The second-order valence-corrected chi connectivity index (χ2v) is 10.4. The average Bonchev–Trinajstić information content (AvgIpc) is 3.26. The molecule has 2 heterocycles. The van der Waals surface area contributed by atoms with Crippen molar-refractivity contribution in [2.75, 3.05) is 0 Å². The molecule has 0 radical (unpaired) electrons. The summed E-state index contributed by atoms with van der Waals surface area (Å²) in [7, 11) is 0. The molecule has 0 atom stereocenters. The molecule has 2 aromatic carbocycles. The van der Waals surface area contributed by atoms with Gasteiger partial charge in [-0.3, -0.25) is 4.57 Å². The predicted octanol–water partition coefficient (Wildman–Crippen LogP) is 4.07. The minimum atomic E-state index is -0.839. The van der Waals surface area contributed by atoms with E-state index in [2.05, 4.69) is 10.2 Å². The van der Waals surface area contributed by atoms with Gasteiger partial charge in [0, 0.05) is 21.8 Å². The van der Waals surface area contributed by atoms with Crippen LogP contribution in [0.4, 0.5) is 9.59 Å². The van der Waals surface area contributed by atoms with Crippen molar-refractivity contribution in [3.63, 3.8) is 0 Å². The van der Waals surface area contributed by atoms with Crippen molar-refractivity contribution in [2.45, 2.75) is 52.6 Å². The molecule has 1 aliphatic heterocycles. The molecule has 0 spiro atoms. The molecule has 3 aromatic rings. The molecular formula is C26H28N6O4. The molecule has 186 valence electrons. The van der Waals surface area contributed by atoms with E-state index in [-0.39, 0.29) is 11.4 Å². The molecule has 0 aliphatic carbocycles. The maximum absolute atomic E-state index is 13.6. The van der Waals surface area contributed by atoms with Crippen molar-refractivity contribution < 1.29 is 19.4 Å². The molecule has 4 rings (SSSR count). The highest BCUT2D eigenvalue weighted by molar-refractivity contribution is 5.98. The van der Waals surface area contributed by atoms with E-state index in [9.17, 15) is 19.5 Å². The number of hydrogen-bond donors (Lipinski definition) is 0. The zero-order valence-electron chi connectivity index (χ0n) is 21.1. The molecule has 0 saturated heterocycles. The standard InChI is InChI=1S/C26H28N6O4/c1-25(2,3)29-21(33)27-31(23(29)35)19(17-13-9-7-10-14-17)20(18-15-11-8-12-16-18)32-24(36)30(22(34)28-32)26(4,5)6/h7-16H,1-6H3/b20-19-. The van der Waals surface area contributed by atoms with E-state index < -0.39 is 34.8 Å². The Morgan fingerprint density at radius 1 is 0.806 bits per heavy atom. The van der Waals surface area contributed by atoms with Crippen LogP contribution >= 0.6 is 0 Å². The van der Waals surface area contributed by atoms with E-state index in [0.717, 1.165) is 18.8 Å². The molecule has 10 heteroatoms. The number of benzene rings is 2. The average molecular weight is 489 g/mol. The van der Waals surface area contributed by atoms with Crippen molar-refractivity contribution in [1.82, 2.24) is 19.2 Å². The fourth-order valence-corrected chi connectivity index (χ4v) is 4.05. The minimum absolute atomic E-state index is 0.146. The van der Waals surface area contributed by atoms with Crippen LogP contribution in [0.5, 0.6) is 6.01 Å². The zero-order valence-corrected chi connectivity index (χ0v) is 21.1. The quantitative estimate of drug-likeness (QED) is 0.406. The predicted molar refractivity (Wildman–Crippen MR) is 131 cm³/mol. The first-order chi connectivity index (χ1) is 16.8. The Hall–Kier alpha value is -4.34. The van der Waals surface area contributed by atoms with Crippen LogP contribution in [-0.2, 0) is 5.54 Å². The fourth-order valence-electron chi connectivity index (χ4n) is 4.05. The minimum Gasteiger partial charge on any atom is -0.844 e. The van der Waals surface area contributed by atoms with Crippen LogP contribution in [0.3, 0.4) is 0 Å². The van der Waals surface area contributed by atoms with Gasteiger partial charge in [-0.05, 0) is 41.5 Å². The highest BCUT2D eigenvalue weighted by atomic mass is 16.3. The summed E-state index contributed by atoms with van der Waals surface area (Å²) in [5, 5.41) is 21.0. The number of carbonyl (C=O) groups is 2. The van der Waals surface area contributed by atoms with E-state index in [1.165, 1.54) is 0 Å². The van der Waals surface area contributed by atoms with Gasteiger partial charge in [0.05, 0.1) is 6.01 Å². The molecule has 1 aliphatic rings. The summed E-state index contributed by atoms with van der Waals surface area (Å²) in [5.74, 6) is 0. The van der Waals surface area contributed by atoms with E-state index in [0.29, 0.717) is 11.1 Å². The van der Waals surface area contributed by atoms with Crippen LogP contribution in [-0.4, -0.2) is 41.5 Å². The van der Waals surface area contributed by atoms with Gasteiger partial charge in [-0.1, -0.05) is 65.4 Å². The van der Waals surface area contributed by atoms with Crippen molar-refractivity contribution in [3.05, 3.63) is 82.3 Å². The summed E-state index contributed by atoms with van der Waals surface area (Å²) in [4.78, 5) is 41.1. The SMILES string of the molecule is CC(C)(C)N1C(=O)N=[N+](/C(=C(/c2ccccc2)n2nc([O-])n(C(C)(C)C)c2=O)c2ccccc2)C1=O. The van der Waals surface area contributed by atoms with Crippen LogP contribution in [0.1, 0.15) is 52.7 Å². The molecule has 0 unspecified atom stereocenters. The van der Waals surface area contributed by atoms with Crippen molar-refractivity contribution >= 4 is 23.5 Å². The molecular weight excluding hydrogens is 460 g/mol. The maximum atomic E-state index is 13.6. The largest absolute Gasteiger partial charge is 0.844 e. The molecule has 4 amide bonds. The third kappa shape index (κ3) is 4.26. The Balaban J connectivity index is 2.14. The third-order valence-electron chi connectivity index (χ3n) is 5.58. The summed E-state index contributed by atoms with van der Waals surface area (Å²) in [6, 6.07) is 15.4. The lowest BCUT2D eigenvalue weighted by Gasteiger charge is -2.22. The van der Waals surface area contributed by atoms with Gasteiger partial charge in [-0.25, -0.2) is 9.59 Å². The molecule has 1 aromatic heterocycles. The first-order valence-electron chi connectivity index (χ1n) is 11.5. The highest BCUT2D eigenvalue weighted by Gasteiger charge is 2.52. The number of rotatable bonds is 4. The molecule has 10 nitrogen and oxygen atoms in total. The fraction of sp³-hybridized carbons (Fsp3) is 0.308. The lowest BCUT2D eigenvalue weighted by atomic mass is 10.0. The Bertz CT molecular complexity index is 1450. The second-order valence-electron chi connectivity index (χ2n) is 10.4. The second kappa shape index (κ2) is 8.71. The number of imide groups is 1. The van der Waals surface area contributed by atoms with Gasteiger partial charge in [-0.15, -0.1) is 4.90 Å². The first-order valence-corrected chi connectivity index (χ1v) is 11.5. The van der Waals surface area contributed by atoms with Gasteiger partial charge in [0.2, 0.25) is 0 Å². The first kappa shape index (κ1) is 24.8. The number of amides is 4. The number of urea groups is 2. The van der Waals surface area contributed by atoms with E-state index in [1.54, 1.807) is 102 Å². The highest BCUT2D eigenvalue weighted by Crippen LogP contribution is 2.33. The van der Waals surface area contributed by atoms with Crippen LogP contribution in [0, 0.1) is 0 Å². The van der Waals surface area contributed by atoms with Gasteiger partial charge < -0.3 is 5.11 Å². The zero-order chi connectivity index (χ0) is 26.4. The van der Waals surface area contributed by atoms with Crippen molar-refractivity contribution in [1.29, 1.82) is 0 Å². The number of aromatic nitrogens is 3. The van der Waals surface area contributed by atoms with E-state index in [4.69, 9.17) is 0 Å². The Morgan fingerprint density at radius 2 is 1.33 bits per heavy atom. The molecule has 0 saturated carbocycles. The number of hydrogen-bond acceptors (Lipinski definition) is 5. The molecule has 0 bridgehead atoms. The lowest BCUT2D eigenvalue weighted by molar-refractivity contribution is -0.392. The van der Waals surface area contributed by atoms with Crippen LogP contribution in [0.2, 0.25) is 0 Å². The van der Waals surface area contributed by atoms with E-state index in [1.807, 2.05) is 0 Å². The topological polar surface area (TPSA) is 116 Å². The summed E-state index contributed by atoms with van der Waals surface area (Å²) in [6.45, 7) is 10.4. The Labute approximate surface area is 208 Å². The van der Waals surface area contributed by atoms with Gasteiger partial charge >= 0.3 is 17.8 Å². The number of azo groups is 2. The number of nitrogens with zero attached hydrogens (tertiary/aromatic N) is 6.